The lowest BCUT2D eigenvalue weighted by atomic mass is 10.2. The number of carbonyl (C=O) groups is 2. The van der Waals surface area contributed by atoms with Crippen LogP contribution in [0, 0.1) is 0 Å². The van der Waals surface area contributed by atoms with Crippen LogP contribution in [0.25, 0.3) is 0 Å². The van der Waals surface area contributed by atoms with E-state index in [1.165, 1.54) is 11.8 Å². The number of carbonyl (C=O) groups excluding carboxylic acids is 1. The van der Waals surface area contributed by atoms with E-state index < -0.39 is 18.0 Å². The third-order valence-electron chi connectivity index (χ3n) is 2.13. The summed E-state index contributed by atoms with van der Waals surface area (Å²) in [4.78, 5) is 23.2. The highest BCUT2D eigenvalue weighted by atomic mass is 32.2. The molecule has 90 valence electrons. The molecule has 0 fully saturated rings. The van der Waals surface area contributed by atoms with Gasteiger partial charge in [0.2, 0.25) is 0 Å². The first-order valence-electron chi connectivity index (χ1n) is 5.12. The summed E-state index contributed by atoms with van der Waals surface area (Å²) >= 11 is 1.40. The summed E-state index contributed by atoms with van der Waals surface area (Å²) in [5.41, 5.74) is 0.122. The summed E-state index contributed by atoms with van der Waals surface area (Å²) in [6.07, 6.45) is 0.648. The topological polar surface area (TPSA) is 75.6 Å². The maximum atomic E-state index is 11.4. The van der Waals surface area contributed by atoms with E-state index in [9.17, 15) is 9.59 Å². The average molecular weight is 245 g/mol. The van der Waals surface area contributed by atoms with Crippen LogP contribution in [0.3, 0.4) is 0 Å². The van der Waals surface area contributed by atoms with Crippen molar-refractivity contribution in [3.63, 3.8) is 0 Å². The first-order chi connectivity index (χ1) is 7.60. The molecule has 1 heterocycles. The maximum Gasteiger partial charge on any atom is 0.352 e. The van der Waals surface area contributed by atoms with Crippen molar-refractivity contribution in [2.75, 3.05) is 12.4 Å². The van der Waals surface area contributed by atoms with Crippen LogP contribution < -0.4 is 5.32 Å². The minimum atomic E-state index is -1.03. The summed E-state index contributed by atoms with van der Waals surface area (Å²) < 4.78 is 4.85. The predicted octanol–water partition coefficient (Wildman–Crippen LogP) is 0.961. The van der Waals surface area contributed by atoms with Gasteiger partial charge in [-0.15, -0.1) is 11.8 Å². The molecule has 0 amide bonds. The second-order valence-corrected chi connectivity index (χ2v) is 4.33. The Balaban J connectivity index is 2.76. The van der Waals surface area contributed by atoms with Crippen LogP contribution in [-0.2, 0) is 14.3 Å². The van der Waals surface area contributed by atoms with Crippen LogP contribution in [0.4, 0.5) is 0 Å². The Labute approximate surface area is 98.2 Å². The third-order valence-corrected chi connectivity index (χ3v) is 3.47. The van der Waals surface area contributed by atoms with E-state index in [1.54, 1.807) is 6.92 Å². The number of esters is 1. The van der Waals surface area contributed by atoms with Crippen LogP contribution in [0.15, 0.2) is 10.6 Å². The lowest BCUT2D eigenvalue weighted by Crippen LogP contribution is -2.44. The molecule has 1 aliphatic rings. The highest BCUT2D eigenvalue weighted by molar-refractivity contribution is 8.03. The standard InChI is InChI=1S/C10H15NO4S/c1-3-7-8(9(12)13)11-6(5-16-7)10(14)15-4-2/h6,11H,3-5H2,1-2H3,(H,12,13)/t6-/m0/s1. The Morgan fingerprint density at radius 1 is 1.56 bits per heavy atom. The van der Waals surface area contributed by atoms with Gasteiger partial charge in [0.15, 0.2) is 0 Å². The molecule has 0 saturated carbocycles. The van der Waals surface area contributed by atoms with Crippen molar-refractivity contribution in [1.29, 1.82) is 0 Å². The molecule has 0 aromatic carbocycles. The summed E-state index contributed by atoms with van der Waals surface area (Å²) in [5.74, 6) is -0.916. The maximum absolute atomic E-state index is 11.4. The van der Waals surface area contributed by atoms with Crippen LogP contribution in [-0.4, -0.2) is 35.4 Å². The molecule has 0 aromatic rings. The van der Waals surface area contributed by atoms with Gasteiger partial charge in [0.25, 0.3) is 0 Å². The van der Waals surface area contributed by atoms with Crippen molar-refractivity contribution in [2.24, 2.45) is 0 Å². The third kappa shape index (κ3) is 2.91. The Kier molecular flexibility index (Phi) is 4.67. The van der Waals surface area contributed by atoms with Crippen molar-refractivity contribution in [3.05, 3.63) is 10.6 Å². The molecule has 0 unspecified atom stereocenters. The number of allylic oxidation sites excluding steroid dienone is 1. The number of hydrogen-bond acceptors (Lipinski definition) is 5. The second kappa shape index (κ2) is 5.79. The number of hydrogen-bond donors (Lipinski definition) is 2. The number of thioether (sulfide) groups is 1. The number of nitrogens with one attached hydrogen (secondary N) is 1. The van der Waals surface area contributed by atoms with Gasteiger partial charge in [-0.2, -0.15) is 0 Å². The average Bonchev–Trinajstić information content (AvgIpc) is 2.28. The molecule has 0 bridgehead atoms. The molecule has 0 saturated heterocycles. The van der Waals surface area contributed by atoms with E-state index in [4.69, 9.17) is 9.84 Å². The highest BCUT2D eigenvalue weighted by Crippen LogP contribution is 2.27. The summed E-state index contributed by atoms with van der Waals surface area (Å²) in [7, 11) is 0. The van der Waals surface area contributed by atoms with E-state index in [0.717, 1.165) is 4.91 Å². The Morgan fingerprint density at radius 2 is 2.25 bits per heavy atom. The normalized spacial score (nSPS) is 20.2. The fourth-order valence-electron chi connectivity index (χ4n) is 1.38. The Bertz CT molecular complexity index is 327. The van der Waals surface area contributed by atoms with Crippen molar-refractivity contribution < 1.29 is 19.4 Å². The molecule has 16 heavy (non-hydrogen) atoms. The zero-order valence-electron chi connectivity index (χ0n) is 9.28. The van der Waals surface area contributed by atoms with Crippen molar-refractivity contribution in [3.8, 4) is 0 Å². The zero-order chi connectivity index (χ0) is 12.1. The first kappa shape index (κ1) is 12.9. The smallest absolute Gasteiger partial charge is 0.352 e. The van der Waals surface area contributed by atoms with Gasteiger partial charge >= 0.3 is 11.9 Å². The van der Waals surface area contributed by atoms with Crippen LogP contribution >= 0.6 is 11.8 Å². The number of aliphatic carboxylic acids is 1. The quantitative estimate of drug-likeness (QED) is 0.718. The monoisotopic (exact) mass is 245 g/mol. The van der Waals surface area contributed by atoms with E-state index in [0.29, 0.717) is 18.8 Å². The molecule has 2 N–H and O–H groups in total. The van der Waals surface area contributed by atoms with Crippen LogP contribution in [0.5, 0.6) is 0 Å². The van der Waals surface area contributed by atoms with E-state index >= 15 is 0 Å². The van der Waals surface area contributed by atoms with E-state index in [1.807, 2.05) is 6.92 Å². The van der Waals surface area contributed by atoms with Crippen molar-refractivity contribution in [2.45, 2.75) is 26.3 Å². The molecule has 0 radical (unpaired) electrons. The molecular weight excluding hydrogens is 230 g/mol. The number of carboxylic acids is 1. The molecular formula is C10H15NO4S. The van der Waals surface area contributed by atoms with Crippen molar-refractivity contribution >= 4 is 23.7 Å². The van der Waals surface area contributed by atoms with Gasteiger partial charge in [-0.3, -0.25) is 0 Å². The molecule has 1 aliphatic heterocycles. The summed E-state index contributed by atoms with van der Waals surface area (Å²) in [6.45, 7) is 3.91. The van der Waals surface area contributed by atoms with Crippen LogP contribution in [0.1, 0.15) is 20.3 Å². The van der Waals surface area contributed by atoms with E-state index in [-0.39, 0.29) is 5.70 Å². The lowest BCUT2D eigenvalue weighted by Gasteiger charge is -2.25. The Morgan fingerprint density at radius 3 is 2.75 bits per heavy atom. The van der Waals surface area contributed by atoms with Gasteiger partial charge in [0.05, 0.1) is 6.61 Å². The molecule has 0 spiro atoms. The number of carboxylic acid groups (broad SMARTS) is 1. The second-order valence-electron chi connectivity index (χ2n) is 3.22. The molecule has 5 nitrogen and oxygen atoms in total. The lowest BCUT2D eigenvalue weighted by molar-refractivity contribution is -0.144. The zero-order valence-corrected chi connectivity index (χ0v) is 10.1. The molecule has 0 aliphatic carbocycles. The number of rotatable bonds is 4. The fourth-order valence-corrected chi connectivity index (χ4v) is 2.46. The van der Waals surface area contributed by atoms with Gasteiger partial charge in [0.1, 0.15) is 11.7 Å². The van der Waals surface area contributed by atoms with Gasteiger partial charge in [-0.05, 0) is 13.3 Å². The van der Waals surface area contributed by atoms with Gasteiger partial charge in [0, 0.05) is 10.7 Å². The summed E-state index contributed by atoms with van der Waals surface area (Å²) in [6, 6.07) is -0.564. The highest BCUT2D eigenvalue weighted by Gasteiger charge is 2.29. The SMILES string of the molecule is CCOC(=O)[C@@H]1CSC(CC)=C(C(=O)O)N1. The molecule has 1 rings (SSSR count). The van der Waals surface area contributed by atoms with Gasteiger partial charge < -0.3 is 15.2 Å². The minimum Gasteiger partial charge on any atom is -0.477 e. The van der Waals surface area contributed by atoms with Gasteiger partial charge in [-0.1, -0.05) is 6.92 Å². The van der Waals surface area contributed by atoms with Gasteiger partial charge in [-0.25, -0.2) is 9.59 Å². The minimum absolute atomic E-state index is 0.122. The summed E-state index contributed by atoms with van der Waals surface area (Å²) in [5, 5.41) is 11.7. The number of ether oxygens (including phenoxy) is 1. The largest absolute Gasteiger partial charge is 0.477 e. The molecule has 6 heteroatoms. The Hall–Kier alpha value is -1.17. The first-order valence-corrected chi connectivity index (χ1v) is 6.11. The molecule has 1 atom stereocenters. The predicted molar refractivity (Wildman–Crippen MR) is 61.0 cm³/mol. The van der Waals surface area contributed by atoms with Crippen LogP contribution in [0.2, 0.25) is 0 Å². The van der Waals surface area contributed by atoms with E-state index in [2.05, 4.69) is 5.32 Å². The van der Waals surface area contributed by atoms with Crippen molar-refractivity contribution in [1.82, 2.24) is 5.32 Å². The molecule has 0 aromatic heterocycles. The fraction of sp³-hybridized carbons (Fsp3) is 0.600.